The smallest absolute Gasteiger partial charge is 0.338 e. The number of ether oxygens (including phenoxy) is 2. The highest BCUT2D eigenvalue weighted by molar-refractivity contribution is 7.99. The first kappa shape index (κ1) is 18.3. The summed E-state index contributed by atoms with van der Waals surface area (Å²) in [5, 5.41) is 10.6. The van der Waals surface area contributed by atoms with Crippen molar-refractivity contribution >= 4 is 28.8 Å². The van der Waals surface area contributed by atoms with Crippen LogP contribution in [-0.4, -0.2) is 41.1 Å². The van der Waals surface area contributed by atoms with Crippen molar-refractivity contribution in [1.29, 1.82) is 0 Å². The molecule has 1 unspecified atom stereocenters. The summed E-state index contributed by atoms with van der Waals surface area (Å²) in [7, 11) is 0. The van der Waals surface area contributed by atoms with Gasteiger partial charge in [0.15, 0.2) is 5.58 Å². The molecule has 0 bridgehead atoms. The predicted octanol–water partition coefficient (Wildman–Crippen LogP) is 3.54. The highest BCUT2D eigenvalue weighted by Crippen LogP contribution is 2.23. The molecule has 26 heavy (non-hydrogen) atoms. The number of rotatable bonds is 8. The van der Waals surface area contributed by atoms with Crippen molar-refractivity contribution in [1.82, 2.24) is 4.98 Å². The van der Waals surface area contributed by atoms with Crippen LogP contribution < -0.4 is 4.74 Å². The van der Waals surface area contributed by atoms with Crippen LogP contribution in [0.15, 0.2) is 58.2 Å². The molecule has 3 rings (SSSR count). The van der Waals surface area contributed by atoms with Gasteiger partial charge in [-0.3, -0.25) is 0 Å². The molecule has 0 radical (unpaired) electrons. The number of aliphatic hydroxyl groups is 1. The minimum Gasteiger partial charge on any atom is -0.491 e. The highest BCUT2D eigenvalue weighted by atomic mass is 32.2. The summed E-state index contributed by atoms with van der Waals surface area (Å²) < 4.78 is 16.1. The van der Waals surface area contributed by atoms with Crippen molar-refractivity contribution in [3.8, 4) is 5.75 Å². The second kappa shape index (κ2) is 8.73. The van der Waals surface area contributed by atoms with Crippen LogP contribution in [0.25, 0.3) is 11.1 Å². The monoisotopic (exact) mass is 373 g/mol. The average molecular weight is 373 g/mol. The second-order valence-electron chi connectivity index (χ2n) is 5.47. The number of benzene rings is 2. The van der Waals surface area contributed by atoms with E-state index in [1.807, 2.05) is 24.3 Å². The number of aromatic nitrogens is 1. The molecule has 1 atom stereocenters. The number of fused-ring (bicyclic) bond motifs is 1. The first-order chi connectivity index (χ1) is 12.7. The van der Waals surface area contributed by atoms with Crippen LogP contribution in [0, 0.1) is 0 Å². The Morgan fingerprint density at radius 2 is 2.00 bits per heavy atom. The van der Waals surface area contributed by atoms with E-state index in [9.17, 15) is 9.90 Å². The summed E-state index contributed by atoms with van der Waals surface area (Å²) in [5.74, 6) is 0.603. The Morgan fingerprint density at radius 3 is 2.73 bits per heavy atom. The standard InChI is InChI=1S/C19H19NO5S/c1-2-23-18(22)13-7-9-15(10-8-13)24-11-14(21)12-26-19-20-16-5-3-4-6-17(16)25-19/h3-10,14,21H,2,11-12H2,1H3. The Hall–Kier alpha value is -2.51. The third-order valence-corrected chi connectivity index (χ3v) is 4.45. The third-order valence-electron chi connectivity index (χ3n) is 3.48. The fourth-order valence-electron chi connectivity index (χ4n) is 2.22. The van der Waals surface area contributed by atoms with Crippen LogP contribution in [0.2, 0.25) is 0 Å². The lowest BCUT2D eigenvalue weighted by Gasteiger charge is -2.11. The van der Waals surface area contributed by atoms with Crippen LogP contribution in [0.1, 0.15) is 17.3 Å². The van der Waals surface area contributed by atoms with Gasteiger partial charge in [-0.1, -0.05) is 23.9 Å². The minimum absolute atomic E-state index is 0.131. The SMILES string of the molecule is CCOC(=O)c1ccc(OCC(O)CSc2nc3ccccc3o2)cc1. The summed E-state index contributed by atoms with van der Waals surface area (Å²) in [5.41, 5.74) is 1.98. The molecule has 1 aromatic heterocycles. The van der Waals surface area contributed by atoms with Crippen molar-refractivity contribution in [2.75, 3.05) is 19.0 Å². The number of carbonyl (C=O) groups excluding carboxylic acids is 1. The molecule has 0 fully saturated rings. The van der Waals surface area contributed by atoms with Crippen LogP contribution in [0.5, 0.6) is 5.75 Å². The molecule has 0 aliphatic rings. The molecule has 0 spiro atoms. The van der Waals surface area contributed by atoms with Gasteiger partial charge in [0.1, 0.15) is 17.9 Å². The van der Waals surface area contributed by atoms with Gasteiger partial charge in [0.05, 0.1) is 18.3 Å². The Morgan fingerprint density at radius 1 is 1.23 bits per heavy atom. The van der Waals surface area contributed by atoms with E-state index >= 15 is 0 Å². The minimum atomic E-state index is -0.681. The van der Waals surface area contributed by atoms with Gasteiger partial charge < -0.3 is 19.0 Å². The van der Waals surface area contributed by atoms with E-state index in [1.165, 1.54) is 11.8 Å². The summed E-state index contributed by atoms with van der Waals surface area (Å²) in [6, 6.07) is 14.1. The number of para-hydroxylation sites is 2. The second-order valence-corrected chi connectivity index (χ2v) is 6.44. The molecular formula is C19H19NO5S. The lowest BCUT2D eigenvalue weighted by molar-refractivity contribution is 0.0526. The van der Waals surface area contributed by atoms with Crippen LogP contribution >= 0.6 is 11.8 Å². The van der Waals surface area contributed by atoms with Gasteiger partial charge in [0.25, 0.3) is 5.22 Å². The van der Waals surface area contributed by atoms with E-state index in [1.54, 1.807) is 31.2 Å². The van der Waals surface area contributed by atoms with Gasteiger partial charge in [0, 0.05) is 5.75 Å². The molecule has 0 aliphatic heterocycles. The molecule has 3 aromatic rings. The quantitative estimate of drug-likeness (QED) is 0.478. The number of oxazole rings is 1. The molecule has 7 heteroatoms. The van der Waals surface area contributed by atoms with Gasteiger partial charge in [-0.2, -0.15) is 0 Å². The Kier molecular flexibility index (Phi) is 6.14. The third kappa shape index (κ3) is 4.77. The highest BCUT2D eigenvalue weighted by Gasteiger charge is 2.11. The zero-order chi connectivity index (χ0) is 18.4. The van der Waals surface area contributed by atoms with Crippen LogP contribution in [0.4, 0.5) is 0 Å². The molecule has 0 saturated heterocycles. The van der Waals surface area contributed by atoms with Crippen molar-refractivity contribution in [2.24, 2.45) is 0 Å². The number of esters is 1. The predicted molar refractivity (Wildman–Crippen MR) is 98.6 cm³/mol. The van der Waals surface area contributed by atoms with Gasteiger partial charge >= 0.3 is 5.97 Å². The van der Waals surface area contributed by atoms with Crippen molar-refractivity contribution < 1.29 is 23.8 Å². The summed E-state index contributed by atoms with van der Waals surface area (Å²) in [6.07, 6.45) is -0.681. The molecule has 1 heterocycles. The zero-order valence-corrected chi connectivity index (χ0v) is 15.1. The maximum Gasteiger partial charge on any atom is 0.338 e. The molecule has 1 N–H and O–H groups in total. The van der Waals surface area contributed by atoms with Crippen molar-refractivity contribution in [2.45, 2.75) is 18.3 Å². The Balaban J connectivity index is 1.46. The maximum atomic E-state index is 11.6. The normalized spacial score (nSPS) is 12.1. The van der Waals surface area contributed by atoms with Crippen LogP contribution in [-0.2, 0) is 4.74 Å². The summed E-state index contributed by atoms with van der Waals surface area (Å²) in [4.78, 5) is 15.9. The molecule has 2 aromatic carbocycles. The number of thioether (sulfide) groups is 1. The van der Waals surface area contributed by atoms with Crippen LogP contribution in [0.3, 0.4) is 0 Å². The van der Waals surface area contributed by atoms with E-state index in [4.69, 9.17) is 13.9 Å². The van der Waals surface area contributed by atoms with E-state index in [0.717, 1.165) is 11.1 Å². The number of aliphatic hydroxyl groups excluding tert-OH is 1. The molecule has 0 amide bonds. The molecule has 0 aliphatic carbocycles. The number of carbonyl (C=O) groups is 1. The fraction of sp³-hybridized carbons (Fsp3) is 0.263. The first-order valence-electron chi connectivity index (χ1n) is 8.22. The fourth-order valence-corrected chi connectivity index (χ4v) is 2.97. The number of hydrogen-bond acceptors (Lipinski definition) is 7. The molecule has 0 saturated carbocycles. The average Bonchev–Trinajstić information content (AvgIpc) is 3.08. The van der Waals surface area contributed by atoms with E-state index < -0.39 is 6.10 Å². The lowest BCUT2D eigenvalue weighted by atomic mass is 10.2. The van der Waals surface area contributed by atoms with Gasteiger partial charge in [-0.15, -0.1) is 0 Å². The van der Waals surface area contributed by atoms with Gasteiger partial charge in [-0.05, 0) is 43.3 Å². The topological polar surface area (TPSA) is 81.8 Å². The molecular weight excluding hydrogens is 354 g/mol. The van der Waals surface area contributed by atoms with Crippen molar-refractivity contribution in [3.05, 3.63) is 54.1 Å². The van der Waals surface area contributed by atoms with Gasteiger partial charge in [-0.25, -0.2) is 9.78 Å². The molecule has 6 nitrogen and oxygen atoms in total. The van der Waals surface area contributed by atoms with Crippen molar-refractivity contribution in [3.63, 3.8) is 0 Å². The van der Waals surface area contributed by atoms with E-state index in [0.29, 0.717) is 28.9 Å². The lowest BCUT2D eigenvalue weighted by Crippen LogP contribution is -2.20. The Labute approximate surface area is 155 Å². The van der Waals surface area contributed by atoms with E-state index in [2.05, 4.69) is 4.98 Å². The van der Waals surface area contributed by atoms with Gasteiger partial charge in [0.2, 0.25) is 0 Å². The zero-order valence-electron chi connectivity index (χ0n) is 14.3. The largest absolute Gasteiger partial charge is 0.491 e. The first-order valence-corrected chi connectivity index (χ1v) is 9.20. The molecule has 136 valence electrons. The number of nitrogens with zero attached hydrogens (tertiary/aromatic N) is 1. The number of hydrogen-bond donors (Lipinski definition) is 1. The summed E-state index contributed by atoms with van der Waals surface area (Å²) >= 11 is 1.33. The summed E-state index contributed by atoms with van der Waals surface area (Å²) in [6.45, 7) is 2.22. The van der Waals surface area contributed by atoms with E-state index in [-0.39, 0.29) is 12.6 Å². The Bertz CT molecular complexity index is 829. The maximum absolute atomic E-state index is 11.6.